The fraction of sp³-hybridized carbons (Fsp3) is 0.889. The first kappa shape index (κ1) is 12.4. The molecule has 0 spiro atoms. The Morgan fingerprint density at radius 1 is 1.15 bits per heavy atom. The van der Waals surface area contributed by atoms with E-state index in [1.54, 1.807) is 0 Å². The van der Waals surface area contributed by atoms with Gasteiger partial charge in [0, 0.05) is 19.6 Å². The summed E-state index contributed by atoms with van der Waals surface area (Å²) in [6.45, 7) is 4.47. The molecule has 0 aliphatic heterocycles. The molecule has 0 unspecified atom stereocenters. The number of hydrogen-bond acceptors (Lipinski definition) is 3. The monoisotopic (exact) mass is 190 g/mol. The zero-order valence-corrected chi connectivity index (χ0v) is 8.12. The van der Waals surface area contributed by atoms with Crippen LogP contribution in [0.1, 0.15) is 26.2 Å². The number of carbonyl (C=O) groups is 1. The standard InChI is InChI=1S/C9H18O4/c1-2-5-12-7-8-13-6-3-4-9(10)11/h2-8H2,1H3,(H,10,11). The summed E-state index contributed by atoms with van der Waals surface area (Å²) in [5.74, 6) is -0.772. The molecule has 4 heteroatoms. The minimum Gasteiger partial charge on any atom is -0.481 e. The summed E-state index contributed by atoms with van der Waals surface area (Å²) in [5, 5.41) is 8.31. The van der Waals surface area contributed by atoms with Crippen LogP contribution in [0, 0.1) is 0 Å². The average Bonchev–Trinajstić information content (AvgIpc) is 2.09. The first-order valence-electron chi connectivity index (χ1n) is 4.64. The molecular weight excluding hydrogens is 172 g/mol. The van der Waals surface area contributed by atoms with Crippen molar-refractivity contribution in [1.29, 1.82) is 0 Å². The molecular formula is C9H18O4. The SMILES string of the molecule is CCCOCCOCCCC(=O)O. The fourth-order valence-electron chi connectivity index (χ4n) is 0.792. The van der Waals surface area contributed by atoms with E-state index in [2.05, 4.69) is 0 Å². The number of ether oxygens (including phenoxy) is 2. The summed E-state index contributed by atoms with van der Waals surface area (Å²) < 4.78 is 10.3. The van der Waals surface area contributed by atoms with Crippen molar-refractivity contribution in [3.05, 3.63) is 0 Å². The van der Waals surface area contributed by atoms with E-state index >= 15 is 0 Å². The van der Waals surface area contributed by atoms with E-state index in [4.69, 9.17) is 14.6 Å². The molecule has 0 heterocycles. The van der Waals surface area contributed by atoms with Crippen LogP contribution in [0.4, 0.5) is 0 Å². The van der Waals surface area contributed by atoms with Crippen LogP contribution in [0.15, 0.2) is 0 Å². The van der Waals surface area contributed by atoms with Gasteiger partial charge in [-0.2, -0.15) is 0 Å². The summed E-state index contributed by atoms with van der Waals surface area (Å²) in [7, 11) is 0. The number of carboxylic acids is 1. The van der Waals surface area contributed by atoms with E-state index in [1.807, 2.05) is 6.92 Å². The topological polar surface area (TPSA) is 55.8 Å². The molecule has 0 aromatic heterocycles. The van der Waals surface area contributed by atoms with Crippen LogP contribution in [0.25, 0.3) is 0 Å². The molecule has 0 fully saturated rings. The smallest absolute Gasteiger partial charge is 0.303 e. The number of carboxylic acid groups (broad SMARTS) is 1. The largest absolute Gasteiger partial charge is 0.481 e. The lowest BCUT2D eigenvalue weighted by Crippen LogP contribution is -2.06. The molecule has 78 valence electrons. The van der Waals surface area contributed by atoms with Crippen molar-refractivity contribution >= 4 is 5.97 Å². The molecule has 0 amide bonds. The van der Waals surface area contributed by atoms with Gasteiger partial charge in [-0.15, -0.1) is 0 Å². The third kappa shape index (κ3) is 11.4. The van der Waals surface area contributed by atoms with Gasteiger partial charge in [-0.05, 0) is 12.8 Å². The predicted octanol–water partition coefficient (Wildman–Crippen LogP) is 1.29. The van der Waals surface area contributed by atoms with Crippen LogP contribution >= 0.6 is 0 Å². The van der Waals surface area contributed by atoms with Crippen LogP contribution < -0.4 is 0 Å². The van der Waals surface area contributed by atoms with Crippen LogP contribution in [0.2, 0.25) is 0 Å². The highest BCUT2D eigenvalue weighted by Gasteiger charge is 1.95. The van der Waals surface area contributed by atoms with Crippen LogP contribution in [0.5, 0.6) is 0 Å². The van der Waals surface area contributed by atoms with Crippen LogP contribution in [-0.4, -0.2) is 37.5 Å². The lowest BCUT2D eigenvalue weighted by atomic mass is 10.3. The van der Waals surface area contributed by atoms with E-state index in [-0.39, 0.29) is 6.42 Å². The zero-order valence-electron chi connectivity index (χ0n) is 8.12. The van der Waals surface area contributed by atoms with Crippen molar-refractivity contribution in [3.63, 3.8) is 0 Å². The number of rotatable bonds is 9. The van der Waals surface area contributed by atoms with E-state index in [0.717, 1.165) is 13.0 Å². The maximum atomic E-state index is 10.1. The highest BCUT2D eigenvalue weighted by atomic mass is 16.5. The first-order valence-corrected chi connectivity index (χ1v) is 4.64. The molecule has 0 rings (SSSR count). The lowest BCUT2D eigenvalue weighted by Gasteiger charge is -2.03. The minimum atomic E-state index is -0.772. The van der Waals surface area contributed by atoms with Gasteiger partial charge in [-0.3, -0.25) is 4.79 Å². The third-order valence-electron chi connectivity index (χ3n) is 1.40. The molecule has 0 aliphatic carbocycles. The normalized spacial score (nSPS) is 10.2. The van der Waals surface area contributed by atoms with Crippen molar-refractivity contribution in [1.82, 2.24) is 0 Å². The summed E-state index contributed by atoms with van der Waals surface area (Å²) in [5.41, 5.74) is 0. The van der Waals surface area contributed by atoms with Gasteiger partial charge < -0.3 is 14.6 Å². The fourth-order valence-corrected chi connectivity index (χ4v) is 0.792. The number of aliphatic carboxylic acids is 1. The summed E-state index contributed by atoms with van der Waals surface area (Å²) >= 11 is 0. The second-order valence-electron chi connectivity index (χ2n) is 2.72. The van der Waals surface area contributed by atoms with Crippen molar-refractivity contribution < 1.29 is 19.4 Å². The van der Waals surface area contributed by atoms with Gasteiger partial charge in [0.25, 0.3) is 0 Å². The van der Waals surface area contributed by atoms with Crippen molar-refractivity contribution in [2.24, 2.45) is 0 Å². The van der Waals surface area contributed by atoms with Gasteiger partial charge >= 0.3 is 5.97 Å². The van der Waals surface area contributed by atoms with Crippen LogP contribution in [-0.2, 0) is 14.3 Å². The Morgan fingerprint density at radius 2 is 1.77 bits per heavy atom. The molecule has 4 nitrogen and oxygen atoms in total. The number of hydrogen-bond donors (Lipinski definition) is 1. The van der Waals surface area contributed by atoms with Gasteiger partial charge in [0.1, 0.15) is 0 Å². The van der Waals surface area contributed by atoms with Crippen LogP contribution in [0.3, 0.4) is 0 Å². The molecule has 0 aliphatic rings. The molecule has 0 saturated carbocycles. The molecule has 0 saturated heterocycles. The van der Waals surface area contributed by atoms with Crippen molar-refractivity contribution in [2.75, 3.05) is 26.4 Å². The van der Waals surface area contributed by atoms with E-state index in [1.165, 1.54) is 0 Å². The predicted molar refractivity (Wildman–Crippen MR) is 48.8 cm³/mol. The van der Waals surface area contributed by atoms with Gasteiger partial charge in [-0.25, -0.2) is 0 Å². The minimum absolute atomic E-state index is 0.176. The van der Waals surface area contributed by atoms with Gasteiger partial charge in [0.05, 0.1) is 13.2 Å². The average molecular weight is 190 g/mol. The maximum absolute atomic E-state index is 10.1. The Kier molecular flexibility index (Phi) is 9.03. The quantitative estimate of drug-likeness (QED) is 0.557. The van der Waals surface area contributed by atoms with E-state index in [9.17, 15) is 4.79 Å². The highest BCUT2D eigenvalue weighted by molar-refractivity contribution is 5.66. The summed E-state index contributed by atoms with van der Waals surface area (Å²) in [4.78, 5) is 10.1. The molecule has 0 radical (unpaired) electrons. The van der Waals surface area contributed by atoms with E-state index < -0.39 is 5.97 Å². The second-order valence-corrected chi connectivity index (χ2v) is 2.72. The molecule has 1 N–H and O–H groups in total. The van der Waals surface area contributed by atoms with E-state index in [0.29, 0.717) is 26.2 Å². The molecule has 0 aromatic rings. The van der Waals surface area contributed by atoms with Crippen molar-refractivity contribution in [2.45, 2.75) is 26.2 Å². The Hall–Kier alpha value is -0.610. The molecule has 0 atom stereocenters. The Balaban J connectivity index is 2.87. The van der Waals surface area contributed by atoms with Gasteiger partial charge in [0.15, 0.2) is 0 Å². The Bertz CT molecular complexity index is 125. The molecule has 13 heavy (non-hydrogen) atoms. The Labute approximate surface area is 78.8 Å². The lowest BCUT2D eigenvalue weighted by molar-refractivity contribution is -0.137. The van der Waals surface area contributed by atoms with Gasteiger partial charge in [-0.1, -0.05) is 6.92 Å². The maximum Gasteiger partial charge on any atom is 0.303 e. The van der Waals surface area contributed by atoms with Crippen molar-refractivity contribution in [3.8, 4) is 0 Å². The highest BCUT2D eigenvalue weighted by Crippen LogP contribution is 1.90. The zero-order chi connectivity index (χ0) is 9.94. The Morgan fingerprint density at radius 3 is 2.31 bits per heavy atom. The molecule has 0 bridgehead atoms. The summed E-state index contributed by atoms with van der Waals surface area (Å²) in [6, 6.07) is 0. The second kappa shape index (κ2) is 9.48. The summed E-state index contributed by atoms with van der Waals surface area (Å²) in [6.07, 6.45) is 1.76. The van der Waals surface area contributed by atoms with Gasteiger partial charge in [0.2, 0.25) is 0 Å². The third-order valence-corrected chi connectivity index (χ3v) is 1.40. The first-order chi connectivity index (χ1) is 6.27. The molecule has 0 aromatic carbocycles.